The number of halogens is 1. The maximum absolute atomic E-state index is 13.3. The Balaban J connectivity index is 1.46. The van der Waals surface area contributed by atoms with Crippen LogP contribution in [-0.4, -0.2) is 15.7 Å². The van der Waals surface area contributed by atoms with Crippen molar-refractivity contribution in [3.8, 4) is 17.2 Å². The number of anilines is 1. The van der Waals surface area contributed by atoms with E-state index >= 15 is 0 Å². The number of hydrogen-bond donors (Lipinski definition) is 1. The standard InChI is InChI=1S/C25H22FN3O3/c1-17-24(18(2)29(28-17)16-31-22-12-7-9-20(26)15-22)27-25(30)19-8-6-13-23(14-19)32-21-10-4-3-5-11-21/h3-15H,16H2,1-2H3,(H,27,30). The number of amides is 1. The van der Waals surface area contributed by atoms with Crippen molar-refractivity contribution in [3.63, 3.8) is 0 Å². The molecule has 0 aliphatic rings. The molecule has 1 heterocycles. The fraction of sp³-hybridized carbons (Fsp3) is 0.120. The molecule has 1 N–H and O–H groups in total. The lowest BCUT2D eigenvalue weighted by Gasteiger charge is -2.10. The highest BCUT2D eigenvalue weighted by molar-refractivity contribution is 6.05. The fourth-order valence-electron chi connectivity index (χ4n) is 3.21. The predicted octanol–water partition coefficient (Wildman–Crippen LogP) is 5.72. The van der Waals surface area contributed by atoms with Crippen LogP contribution in [-0.2, 0) is 6.73 Å². The monoisotopic (exact) mass is 431 g/mol. The normalized spacial score (nSPS) is 10.6. The Kier molecular flexibility index (Phi) is 6.17. The van der Waals surface area contributed by atoms with E-state index < -0.39 is 0 Å². The Morgan fingerprint density at radius 1 is 0.938 bits per heavy atom. The molecule has 0 aliphatic heterocycles. The Labute approximate surface area is 185 Å². The van der Waals surface area contributed by atoms with Crippen LogP contribution in [0.25, 0.3) is 0 Å². The molecule has 4 aromatic rings. The average molecular weight is 431 g/mol. The van der Waals surface area contributed by atoms with Gasteiger partial charge in [0.1, 0.15) is 23.1 Å². The van der Waals surface area contributed by atoms with Crippen molar-refractivity contribution in [2.45, 2.75) is 20.6 Å². The first kappa shape index (κ1) is 21.1. The Bertz CT molecular complexity index is 1240. The zero-order valence-corrected chi connectivity index (χ0v) is 17.7. The van der Waals surface area contributed by atoms with E-state index in [1.807, 2.05) is 37.3 Å². The molecule has 4 rings (SSSR count). The number of para-hydroxylation sites is 1. The smallest absolute Gasteiger partial charge is 0.255 e. The van der Waals surface area contributed by atoms with Gasteiger partial charge in [-0.15, -0.1) is 0 Å². The fourth-order valence-corrected chi connectivity index (χ4v) is 3.21. The maximum Gasteiger partial charge on any atom is 0.255 e. The van der Waals surface area contributed by atoms with Crippen molar-refractivity contribution in [1.29, 1.82) is 0 Å². The topological polar surface area (TPSA) is 65.4 Å². The zero-order chi connectivity index (χ0) is 22.5. The Hall–Kier alpha value is -4.13. The lowest BCUT2D eigenvalue weighted by molar-refractivity contribution is 0.102. The molecule has 1 amide bonds. The summed E-state index contributed by atoms with van der Waals surface area (Å²) in [4.78, 5) is 12.9. The minimum atomic E-state index is -0.373. The number of ether oxygens (including phenoxy) is 2. The third kappa shape index (κ3) is 4.95. The number of aryl methyl sites for hydroxylation is 1. The van der Waals surface area contributed by atoms with E-state index in [-0.39, 0.29) is 18.5 Å². The highest BCUT2D eigenvalue weighted by Gasteiger charge is 2.16. The van der Waals surface area contributed by atoms with E-state index in [2.05, 4.69) is 10.4 Å². The summed E-state index contributed by atoms with van der Waals surface area (Å²) >= 11 is 0. The van der Waals surface area contributed by atoms with Gasteiger partial charge in [-0.3, -0.25) is 4.79 Å². The first-order valence-corrected chi connectivity index (χ1v) is 10.1. The van der Waals surface area contributed by atoms with Crippen LogP contribution in [0, 0.1) is 19.7 Å². The van der Waals surface area contributed by atoms with Crippen LogP contribution < -0.4 is 14.8 Å². The summed E-state index contributed by atoms with van der Waals surface area (Å²) in [6, 6.07) is 22.2. The summed E-state index contributed by atoms with van der Waals surface area (Å²) in [5, 5.41) is 7.35. The minimum Gasteiger partial charge on any atom is -0.471 e. The predicted molar refractivity (Wildman–Crippen MR) is 120 cm³/mol. The van der Waals surface area contributed by atoms with Crippen molar-refractivity contribution >= 4 is 11.6 Å². The highest BCUT2D eigenvalue weighted by Crippen LogP contribution is 2.24. The molecular formula is C25H22FN3O3. The number of nitrogens with zero attached hydrogens (tertiary/aromatic N) is 2. The molecule has 162 valence electrons. The second-order valence-electron chi connectivity index (χ2n) is 7.17. The van der Waals surface area contributed by atoms with Gasteiger partial charge in [-0.1, -0.05) is 30.3 Å². The number of benzene rings is 3. The summed E-state index contributed by atoms with van der Waals surface area (Å²) in [6.45, 7) is 3.72. The maximum atomic E-state index is 13.3. The van der Waals surface area contributed by atoms with Crippen molar-refractivity contribution in [2.24, 2.45) is 0 Å². The molecule has 7 heteroatoms. The van der Waals surface area contributed by atoms with Gasteiger partial charge in [0.15, 0.2) is 6.73 Å². The summed E-state index contributed by atoms with van der Waals surface area (Å²) in [5.74, 6) is 1.01. The second kappa shape index (κ2) is 9.34. The molecule has 1 aromatic heterocycles. The van der Waals surface area contributed by atoms with E-state index in [1.165, 1.54) is 12.1 Å². The van der Waals surface area contributed by atoms with Crippen molar-refractivity contribution in [1.82, 2.24) is 9.78 Å². The molecule has 3 aromatic carbocycles. The zero-order valence-electron chi connectivity index (χ0n) is 17.7. The highest BCUT2D eigenvalue weighted by atomic mass is 19.1. The van der Waals surface area contributed by atoms with Crippen molar-refractivity contribution in [2.75, 3.05) is 5.32 Å². The lowest BCUT2D eigenvalue weighted by atomic mass is 10.2. The van der Waals surface area contributed by atoms with E-state index in [0.29, 0.717) is 34.2 Å². The first-order valence-electron chi connectivity index (χ1n) is 10.1. The SMILES string of the molecule is Cc1nn(COc2cccc(F)c2)c(C)c1NC(=O)c1cccc(Oc2ccccc2)c1. The second-order valence-corrected chi connectivity index (χ2v) is 7.17. The van der Waals surface area contributed by atoms with Crippen LogP contribution in [0.4, 0.5) is 10.1 Å². The van der Waals surface area contributed by atoms with Crippen LogP contribution in [0.5, 0.6) is 17.2 Å². The van der Waals surface area contributed by atoms with Gasteiger partial charge in [-0.05, 0) is 56.3 Å². The van der Waals surface area contributed by atoms with Gasteiger partial charge in [-0.25, -0.2) is 9.07 Å². The third-order valence-electron chi connectivity index (χ3n) is 4.84. The van der Waals surface area contributed by atoms with E-state index in [0.717, 1.165) is 5.69 Å². The molecule has 0 saturated carbocycles. The number of rotatable bonds is 7. The van der Waals surface area contributed by atoms with E-state index in [1.54, 1.807) is 48.0 Å². The molecule has 0 radical (unpaired) electrons. The van der Waals surface area contributed by atoms with Gasteiger partial charge in [0, 0.05) is 11.6 Å². The number of carbonyl (C=O) groups is 1. The summed E-state index contributed by atoms with van der Waals surface area (Å²) in [5.41, 5.74) is 2.44. The van der Waals surface area contributed by atoms with Crippen LogP contribution in [0.2, 0.25) is 0 Å². The molecular weight excluding hydrogens is 409 g/mol. The molecule has 0 atom stereocenters. The number of hydrogen-bond acceptors (Lipinski definition) is 4. The van der Waals surface area contributed by atoms with E-state index in [9.17, 15) is 9.18 Å². The van der Waals surface area contributed by atoms with Gasteiger partial charge in [0.2, 0.25) is 0 Å². The van der Waals surface area contributed by atoms with Gasteiger partial charge >= 0.3 is 0 Å². The average Bonchev–Trinajstić information content (AvgIpc) is 3.06. The third-order valence-corrected chi connectivity index (χ3v) is 4.84. The van der Waals surface area contributed by atoms with Crippen LogP contribution in [0.1, 0.15) is 21.7 Å². The Morgan fingerprint density at radius 3 is 2.44 bits per heavy atom. The van der Waals surface area contributed by atoms with Crippen LogP contribution in [0.15, 0.2) is 78.9 Å². The summed E-state index contributed by atoms with van der Waals surface area (Å²) < 4.78 is 26.4. The molecule has 0 fully saturated rings. The molecule has 32 heavy (non-hydrogen) atoms. The van der Waals surface area contributed by atoms with Crippen molar-refractivity contribution < 1.29 is 18.7 Å². The number of carbonyl (C=O) groups excluding carboxylic acids is 1. The largest absolute Gasteiger partial charge is 0.471 e. The van der Waals surface area contributed by atoms with Crippen LogP contribution >= 0.6 is 0 Å². The first-order chi connectivity index (χ1) is 15.5. The summed E-state index contributed by atoms with van der Waals surface area (Å²) in [6.07, 6.45) is 0. The van der Waals surface area contributed by atoms with Gasteiger partial charge in [-0.2, -0.15) is 5.10 Å². The van der Waals surface area contributed by atoms with Crippen LogP contribution in [0.3, 0.4) is 0 Å². The molecule has 0 aliphatic carbocycles. The van der Waals surface area contributed by atoms with Gasteiger partial charge < -0.3 is 14.8 Å². The molecule has 0 spiro atoms. The number of aromatic nitrogens is 2. The summed E-state index contributed by atoms with van der Waals surface area (Å²) in [7, 11) is 0. The quantitative estimate of drug-likeness (QED) is 0.406. The van der Waals surface area contributed by atoms with Gasteiger partial charge in [0.05, 0.1) is 17.1 Å². The lowest BCUT2D eigenvalue weighted by Crippen LogP contribution is -2.14. The van der Waals surface area contributed by atoms with E-state index in [4.69, 9.17) is 9.47 Å². The Morgan fingerprint density at radius 2 is 1.66 bits per heavy atom. The number of nitrogens with one attached hydrogen (secondary N) is 1. The molecule has 0 unspecified atom stereocenters. The molecule has 6 nitrogen and oxygen atoms in total. The van der Waals surface area contributed by atoms with Gasteiger partial charge in [0.25, 0.3) is 5.91 Å². The molecule has 0 bridgehead atoms. The van der Waals surface area contributed by atoms with Crippen molar-refractivity contribution in [3.05, 3.63) is 102 Å². The minimum absolute atomic E-state index is 0.0897. The molecule has 0 saturated heterocycles.